The van der Waals surface area contributed by atoms with Crippen molar-refractivity contribution in [3.05, 3.63) is 45.7 Å². The van der Waals surface area contributed by atoms with Crippen molar-refractivity contribution in [2.45, 2.75) is 45.2 Å². The molecule has 0 aliphatic heterocycles. The van der Waals surface area contributed by atoms with E-state index < -0.39 is 0 Å². The van der Waals surface area contributed by atoms with E-state index >= 15 is 0 Å². The van der Waals surface area contributed by atoms with Gasteiger partial charge in [0.05, 0.1) is 12.1 Å². The molecule has 5 heteroatoms. The van der Waals surface area contributed by atoms with Gasteiger partial charge in [-0.25, -0.2) is 0 Å². The lowest BCUT2D eigenvalue weighted by Gasteiger charge is -2.31. The maximum Gasteiger partial charge on any atom is 0.253 e. The molecule has 23 heavy (non-hydrogen) atoms. The Kier molecular flexibility index (Phi) is 4.66. The molecule has 0 bridgehead atoms. The van der Waals surface area contributed by atoms with Crippen molar-refractivity contribution in [3.63, 3.8) is 0 Å². The SMILES string of the molecule is CNC(=S)N(Cc1cc2cccc(C)c2[nH]c1=O)C1CCCC1. The molecule has 1 aromatic heterocycles. The Morgan fingerprint density at radius 2 is 2.13 bits per heavy atom. The summed E-state index contributed by atoms with van der Waals surface area (Å²) in [7, 11) is 1.85. The summed E-state index contributed by atoms with van der Waals surface area (Å²) >= 11 is 5.47. The third-order valence-electron chi connectivity index (χ3n) is 4.75. The van der Waals surface area contributed by atoms with Crippen LogP contribution in [0.3, 0.4) is 0 Å². The van der Waals surface area contributed by atoms with E-state index in [1.807, 2.05) is 38.2 Å². The number of benzene rings is 1. The number of nitrogens with one attached hydrogen (secondary N) is 2. The van der Waals surface area contributed by atoms with Gasteiger partial charge in [0.2, 0.25) is 0 Å². The van der Waals surface area contributed by atoms with E-state index in [1.165, 1.54) is 12.8 Å². The normalized spacial score (nSPS) is 15.0. The Hall–Kier alpha value is -1.88. The molecule has 0 unspecified atom stereocenters. The highest BCUT2D eigenvalue weighted by atomic mass is 32.1. The monoisotopic (exact) mass is 329 g/mol. The summed E-state index contributed by atoms with van der Waals surface area (Å²) < 4.78 is 0. The molecule has 4 nitrogen and oxygen atoms in total. The predicted molar refractivity (Wildman–Crippen MR) is 98.8 cm³/mol. The van der Waals surface area contributed by atoms with Crippen molar-refractivity contribution in [2.24, 2.45) is 0 Å². The van der Waals surface area contributed by atoms with Crippen LogP contribution in [0, 0.1) is 6.92 Å². The van der Waals surface area contributed by atoms with E-state index in [2.05, 4.69) is 15.2 Å². The molecular weight excluding hydrogens is 306 g/mol. The number of thiocarbonyl (C=S) groups is 1. The second kappa shape index (κ2) is 6.71. The van der Waals surface area contributed by atoms with Crippen molar-refractivity contribution in [1.82, 2.24) is 15.2 Å². The molecule has 0 atom stereocenters. The lowest BCUT2D eigenvalue weighted by molar-refractivity contribution is 0.304. The number of para-hydroxylation sites is 1. The highest BCUT2D eigenvalue weighted by Crippen LogP contribution is 2.25. The summed E-state index contributed by atoms with van der Waals surface area (Å²) in [4.78, 5) is 17.7. The third-order valence-corrected chi connectivity index (χ3v) is 5.18. The first-order valence-corrected chi connectivity index (χ1v) is 8.61. The van der Waals surface area contributed by atoms with E-state index in [0.29, 0.717) is 12.6 Å². The molecule has 0 saturated heterocycles. The highest BCUT2D eigenvalue weighted by molar-refractivity contribution is 7.80. The number of aryl methyl sites for hydroxylation is 1. The van der Waals surface area contributed by atoms with Crippen LogP contribution in [0.5, 0.6) is 0 Å². The molecule has 0 spiro atoms. The number of aromatic amines is 1. The lowest BCUT2D eigenvalue weighted by atomic mass is 10.1. The lowest BCUT2D eigenvalue weighted by Crippen LogP contribution is -2.44. The molecule has 1 aliphatic rings. The average Bonchev–Trinajstić information content (AvgIpc) is 3.07. The predicted octanol–water partition coefficient (Wildman–Crippen LogP) is 3.09. The van der Waals surface area contributed by atoms with Crippen LogP contribution < -0.4 is 10.9 Å². The van der Waals surface area contributed by atoms with Gasteiger partial charge >= 0.3 is 0 Å². The van der Waals surface area contributed by atoms with Crippen LogP contribution in [-0.4, -0.2) is 28.1 Å². The van der Waals surface area contributed by atoms with Gasteiger partial charge in [0, 0.05) is 18.7 Å². The van der Waals surface area contributed by atoms with E-state index in [1.54, 1.807) is 0 Å². The topological polar surface area (TPSA) is 48.1 Å². The molecule has 2 N–H and O–H groups in total. The molecule has 122 valence electrons. The summed E-state index contributed by atoms with van der Waals surface area (Å²) in [6, 6.07) is 8.51. The minimum atomic E-state index is -0.0197. The molecule has 0 amide bonds. The number of pyridine rings is 1. The van der Waals surface area contributed by atoms with Gasteiger partial charge in [-0.2, -0.15) is 0 Å². The summed E-state index contributed by atoms with van der Waals surface area (Å²) in [5.41, 5.74) is 2.76. The maximum absolute atomic E-state index is 12.5. The van der Waals surface area contributed by atoms with Gasteiger partial charge in [-0.3, -0.25) is 4.79 Å². The fourth-order valence-corrected chi connectivity index (χ4v) is 3.67. The standard InChI is InChI=1S/C18H23N3OS/c1-12-6-5-7-13-10-14(17(22)20-16(12)13)11-21(18(23)19-2)15-8-3-4-9-15/h5-7,10,15H,3-4,8-9,11H2,1-2H3,(H,19,23)(H,20,22). The van der Waals surface area contributed by atoms with Gasteiger partial charge in [-0.1, -0.05) is 31.0 Å². The largest absolute Gasteiger partial charge is 0.366 e. The van der Waals surface area contributed by atoms with Gasteiger partial charge in [-0.05, 0) is 49.0 Å². The first kappa shape index (κ1) is 16.0. The Bertz CT molecular complexity index is 777. The number of rotatable bonds is 3. The number of hydrogen-bond acceptors (Lipinski definition) is 2. The van der Waals surface area contributed by atoms with Gasteiger partial charge in [-0.15, -0.1) is 0 Å². The van der Waals surface area contributed by atoms with Gasteiger partial charge in [0.1, 0.15) is 0 Å². The van der Waals surface area contributed by atoms with E-state index in [9.17, 15) is 4.79 Å². The van der Waals surface area contributed by atoms with E-state index in [0.717, 1.165) is 40.0 Å². The van der Waals surface area contributed by atoms with E-state index in [-0.39, 0.29) is 5.56 Å². The average molecular weight is 329 g/mol. The Balaban J connectivity index is 1.96. The van der Waals surface area contributed by atoms with Crippen LogP contribution in [0.15, 0.2) is 29.1 Å². The van der Waals surface area contributed by atoms with Crippen LogP contribution in [0.1, 0.15) is 36.8 Å². The van der Waals surface area contributed by atoms with Crippen LogP contribution in [0.25, 0.3) is 10.9 Å². The van der Waals surface area contributed by atoms with Crippen LogP contribution in [0.2, 0.25) is 0 Å². The number of hydrogen-bond donors (Lipinski definition) is 2. The van der Waals surface area contributed by atoms with Crippen molar-refractivity contribution >= 4 is 28.2 Å². The molecule has 0 radical (unpaired) electrons. The highest BCUT2D eigenvalue weighted by Gasteiger charge is 2.25. The molecule has 1 heterocycles. The zero-order chi connectivity index (χ0) is 16.4. The van der Waals surface area contributed by atoms with Crippen molar-refractivity contribution in [1.29, 1.82) is 0 Å². The molecule has 1 aliphatic carbocycles. The fraction of sp³-hybridized carbons (Fsp3) is 0.444. The first-order chi connectivity index (χ1) is 11.1. The summed E-state index contributed by atoms with van der Waals surface area (Å²) in [6.45, 7) is 2.57. The van der Waals surface area contributed by atoms with E-state index in [4.69, 9.17) is 12.2 Å². The smallest absolute Gasteiger partial charge is 0.253 e. The quantitative estimate of drug-likeness (QED) is 0.850. The van der Waals surface area contributed by atoms with Crippen LogP contribution in [0.4, 0.5) is 0 Å². The minimum absolute atomic E-state index is 0.0197. The second-order valence-electron chi connectivity index (χ2n) is 6.28. The third kappa shape index (κ3) is 3.24. The second-order valence-corrected chi connectivity index (χ2v) is 6.67. The molecule has 1 aromatic carbocycles. The van der Waals surface area contributed by atoms with Gasteiger partial charge in [0.15, 0.2) is 5.11 Å². The van der Waals surface area contributed by atoms with Gasteiger partial charge in [0.25, 0.3) is 5.56 Å². The summed E-state index contributed by atoms with van der Waals surface area (Å²) in [5.74, 6) is 0. The number of aromatic nitrogens is 1. The van der Waals surface area contributed by atoms with Gasteiger partial charge < -0.3 is 15.2 Å². The molecule has 3 rings (SSSR count). The Labute approximate surface area is 141 Å². The number of fused-ring (bicyclic) bond motifs is 1. The fourth-order valence-electron chi connectivity index (χ4n) is 3.46. The van der Waals surface area contributed by atoms with Crippen LogP contribution >= 0.6 is 12.2 Å². The summed E-state index contributed by atoms with van der Waals surface area (Å²) in [5, 5.41) is 4.87. The molecule has 1 saturated carbocycles. The van der Waals surface area contributed by atoms with Crippen LogP contribution in [-0.2, 0) is 6.54 Å². The Morgan fingerprint density at radius 1 is 1.39 bits per heavy atom. The minimum Gasteiger partial charge on any atom is -0.366 e. The molecular formula is C18H23N3OS. The van der Waals surface area contributed by atoms with Crippen molar-refractivity contribution < 1.29 is 0 Å². The summed E-state index contributed by atoms with van der Waals surface area (Å²) in [6.07, 6.45) is 4.76. The zero-order valence-corrected chi connectivity index (χ0v) is 14.5. The first-order valence-electron chi connectivity index (χ1n) is 8.20. The zero-order valence-electron chi connectivity index (χ0n) is 13.7. The van der Waals surface area contributed by atoms with Crippen molar-refractivity contribution in [3.8, 4) is 0 Å². The Morgan fingerprint density at radius 3 is 2.83 bits per heavy atom. The maximum atomic E-state index is 12.5. The molecule has 2 aromatic rings. The van der Waals surface area contributed by atoms with Crippen molar-refractivity contribution in [2.75, 3.05) is 7.05 Å². The number of H-pyrrole nitrogens is 1. The number of nitrogens with zero attached hydrogens (tertiary/aromatic N) is 1. The molecule has 1 fully saturated rings.